The summed E-state index contributed by atoms with van der Waals surface area (Å²) < 4.78 is 1.66. The van der Waals surface area contributed by atoms with E-state index in [4.69, 9.17) is 34.8 Å². The Labute approximate surface area is 109 Å². The highest BCUT2D eigenvalue weighted by molar-refractivity contribution is 6.33. The van der Waals surface area contributed by atoms with Crippen LogP contribution in [0.2, 0.25) is 10.0 Å². The van der Waals surface area contributed by atoms with Crippen LogP contribution in [0.4, 0.5) is 0 Å². The van der Waals surface area contributed by atoms with Gasteiger partial charge in [0.15, 0.2) is 0 Å². The van der Waals surface area contributed by atoms with Crippen LogP contribution in [0.25, 0.3) is 5.69 Å². The van der Waals surface area contributed by atoms with Gasteiger partial charge in [-0.05, 0) is 18.6 Å². The molecule has 2 nitrogen and oxygen atoms in total. The molecule has 0 N–H and O–H groups in total. The zero-order valence-electron chi connectivity index (χ0n) is 8.54. The van der Waals surface area contributed by atoms with Gasteiger partial charge < -0.3 is 0 Å². The number of alkyl halides is 1. The van der Waals surface area contributed by atoms with E-state index >= 15 is 0 Å². The van der Waals surface area contributed by atoms with Crippen molar-refractivity contribution in [3.05, 3.63) is 45.7 Å². The van der Waals surface area contributed by atoms with Gasteiger partial charge in [0.1, 0.15) is 0 Å². The van der Waals surface area contributed by atoms with Crippen LogP contribution >= 0.6 is 34.8 Å². The summed E-state index contributed by atoms with van der Waals surface area (Å²) in [6.45, 7) is 1.84. The molecule has 0 aliphatic heterocycles. The SMILES string of the molecule is Cc1nn(-c2c(Cl)cccc2CCl)cc1Cl. The Morgan fingerprint density at radius 2 is 2.00 bits per heavy atom. The van der Waals surface area contributed by atoms with E-state index in [2.05, 4.69) is 5.10 Å². The molecule has 0 aliphatic rings. The molecule has 0 spiro atoms. The molecular formula is C11H9Cl3N2. The van der Waals surface area contributed by atoms with Crippen molar-refractivity contribution < 1.29 is 0 Å². The fourth-order valence-corrected chi connectivity index (χ4v) is 2.10. The highest BCUT2D eigenvalue weighted by Crippen LogP contribution is 2.27. The lowest BCUT2D eigenvalue weighted by Gasteiger charge is -2.08. The minimum Gasteiger partial charge on any atom is -0.237 e. The first-order valence-corrected chi connectivity index (χ1v) is 5.98. The van der Waals surface area contributed by atoms with E-state index in [0.717, 1.165) is 16.9 Å². The van der Waals surface area contributed by atoms with Gasteiger partial charge >= 0.3 is 0 Å². The fourth-order valence-electron chi connectivity index (χ4n) is 1.48. The number of rotatable bonds is 2. The van der Waals surface area contributed by atoms with Crippen LogP contribution in [0, 0.1) is 6.92 Å². The Balaban J connectivity index is 2.62. The predicted molar refractivity (Wildman–Crippen MR) is 67.9 cm³/mol. The van der Waals surface area contributed by atoms with E-state index in [1.807, 2.05) is 19.1 Å². The number of para-hydroxylation sites is 1. The van der Waals surface area contributed by atoms with Gasteiger partial charge in [0.2, 0.25) is 0 Å². The molecule has 0 aliphatic carbocycles. The van der Waals surface area contributed by atoms with Crippen molar-refractivity contribution in [1.82, 2.24) is 9.78 Å². The summed E-state index contributed by atoms with van der Waals surface area (Å²) in [7, 11) is 0. The molecule has 84 valence electrons. The van der Waals surface area contributed by atoms with Crippen LogP contribution in [0.3, 0.4) is 0 Å². The number of aryl methyl sites for hydroxylation is 1. The van der Waals surface area contributed by atoms with Gasteiger partial charge in [-0.3, -0.25) is 0 Å². The third-order valence-corrected chi connectivity index (χ3v) is 3.25. The quantitative estimate of drug-likeness (QED) is 0.750. The Kier molecular flexibility index (Phi) is 3.43. The third kappa shape index (κ3) is 2.05. The Bertz CT molecular complexity index is 500. The first-order valence-electron chi connectivity index (χ1n) is 4.69. The monoisotopic (exact) mass is 274 g/mol. The molecule has 0 amide bonds. The van der Waals surface area contributed by atoms with Crippen LogP contribution in [0.15, 0.2) is 24.4 Å². The first-order chi connectivity index (χ1) is 7.63. The van der Waals surface area contributed by atoms with E-state index in [1.54, 1.807) is 16.9 Å². The summed E-state index contributed by atoms with van der Waals surface area (Å²) in [6, 6.07) is 5.58. The van der Waals surface area contributed by atoms with Gasteiger partial charge in [-0.1, -0.05) is 35.3 Å². The highest BCUT2D eigenvalue weighted by Gasteiger charge is 2.11. The molecule has 0 bridgehead atoms. The number of benzene rings is 1. The molecular weight excluding hydrogens is 266 g/mol. The number of nitrogens with zero attached hydrogens (tertiary/aromatic N) is 2. The molecule has 1 aromatic carbocycles. The lowest BCUT2D eigenvalue weighted by atomic mass is 10.2. The van der Waals surface area contributed by atoms with Gasteiger partial charge in [0.05, 0.1) is 21.4 Å². The molecule has 2 rings (SSSR count). The molecule has 0 unspecified atom stereocenters. The maximum Gasteiger partial charge on any atom is 0.0876 e. The van der Waals surface area contributed by atoms with Crippen molar-refractivity contribution in [1.29, 1.82) is 0 Å². The topological polar surface area (TPSA) is 17.8 Å². The summed E-state index contributed by atoms with van der Waals surface area (Å²) in [5, 5.41) is 5.51. The van der Waals surface area contributed by atoms with Crippen LogP contribution in [-0.4, -0.2) is 9.78 Å². The molecule has 0 saturated heterocycles. The van der Waals surface area contributed by atoms with E-state index in [0.29, 0.717) is 15.9 Å². The van der Waals surface area contributed by atoms with Gasteiger partial charge in [0, 0.05) is 12.1 Å². The minimum atomic E-state index is 0.381. The first kappa shape index (κ1) is 11.8. The van der Waals surface area contributed by atoms with Crippen LogP contribution < -0.4 is 0 Å². The molecule has 5 heteroatoms. The Hall–Kier alpha value is -0.700. The zero-order valence-corrected chi connectivity index (χ0v) is 10.8. The summed E-state index contributed by atoms with van der Waals surface area (Å²) >= 11 is 18.0. The van der Waals surface area contributed by atoms with Crippen molar-refractivity contribution in [3.63, 3.8) is 0 Å². The molecule has 0 fully saturated rings. The second-order valence-corrected chi connectivity index (χ2v) is 4.47. The fraction of sp³-hybridized carbons (Fsp3) is 0.182. The van der Waals surface area contributed by atoms with Crippen molar-refractivity contribution in [3.8, 4) is 5.69 Å². The van der Waals surface area contributed by atoms with Gasteiger partial charge in [-0.25, -0.2) is 4.68 Å². The van der Waals surface area contributed by atoms with Gasteiger partial charge in [-0.2, -0.15) is 5.10 Å². The zero-order chi connectivity index (χ0) is 11.7. The largest absolute Gasteiger partial charge is 0.237 e. The third-order valence-electron chi connectivity index (χ3n) is 2.28. The van der Waals surface area contributed by atoms with Gasteiger partial charge in [0.25, 0.3) is 0 Å². The van der Waals surface area contributed by atoms with E-state index in [9.17, 15) is 0 Å². The number of aromatic nitrogens is 2. The summed E-state index contributed by atoms with van der Waals surface area (Å²) in [5.41, 5.74) is 2.48. The van der Waals surface area contributed by atoms with Crippen LogP contribution in [-0.2, 0) is 5.88 Å². The summed E-state index contributed by atoms with van der Waals surface area (Å²) in [4.78, 5) is 0. The molecule has 2 aromatic rings. The van der Waals surface area contributed by atoms with E-state index < -0.39 is 0 Å². The maximum atomic E-state index is 6.14. The molecule has 0 radical (unpaired) electrons. The van der Waals surface area contributed by atoms with Crippen molar-refractivity contribution >= 4 is 34.8 Å². The van der Waals surface area contributed by atoms with Crippen LogP contribution in [0.1, 0.15) is 11.3 Å². The van der Waals surface area contributed by atoms with Crippen molar-refractivity contribution in [2.24, 2.45) is 0 Å². The lowest BCUT2D eigenvalue weighted by molar-refractivity contribution is 0.854. The van der Waals surface area contributed by atoms with Crippen molar-refractivity contribution in [2.75, 3.05) is 0 Å². The molecule has 1 heterocycles. The number of halogens is 3. The van der Waals surface area contributed by atoms with Gasteiger partial charge in [-0.15, -0.1) is 11.6 Å². The highest BCUT2D eigenvalue weighted by atomic mass is 35.5. The van der Waals surface area contributed by atoms with Crippen molar-refractivity contribution in [2.45, 2.75) is 12.8 Å². The smallest absolute Gasteiger partial charge is 0.0876 e. The normalized spacial score (nSPS) is 10.8. The van der Waals surface area contributed by atoms with E-state index in [1.165, 1.54) is 0 Å². The Morgan fingerprint density at radius 1 is 1.25 bits per heavy atom. The molecule has 0 atom stereocenters. The van der Waals surface area contributed by atoms with E-state index in [-0.39, 0.29) is 0 Å². The minimum absolute atomic E-state index is 0.381. The average molecular weight is 276 g/mol. The lowest BCUT2D eigenvalue weighted by Crippen LogP contribution is -2.00. The number of hydrogen-bond donors (Lipinski definition) is 0. The molecule has 16 heavy (non-hydrogen) atoms. The summed E-state index contributed by atoms with van der Waals surface area (Å²) in [5.74, 6) is 0.381. The summed E-state index contributed by atoms with van der Waals surface area (Å²) in [6.07, 6.45) is 1.73. The molecule has 1 aromatic heterocycles. The predicted octanol–water partition coefficient (Wildman–Crippen LogP) is 4.23. The number of hydrogen-bond acceptors (Lipinski definition) is 1. The second-order valence-electron chi connectivity index (χ2n) is 3.39. The molecule has 0 saturated carbocycles. The average Bonchev–Trinajstić information content (AvgIpc) is 2.58. The van der Waals surface area contributed by atoms with Crippen LogP contribution in [0.5, 0.6) is 0 Å². The maximum absolute atomic E-state index is 6.14. The Morgan fingerprint density at radius 3 is 2.56 bits per heavy atom. The second kappa shape index (κ2) is 4.66. The standard InChI is InChI=1S/C11H9Cl3N2/c1-7-10(14)6-16(15-7)11-8(5-12)3-2-4-9(11)13/h2-4,6H,5H2,1H3.